The smallest absolute Gasteiger partial charge is 0.264 e. The van der Waals surface area contributed by atoms with Crippen molar-refractivity contribution in [3.05, 3.63) is 28.7 Å². The van der Waals surface area contributed by atoms with Gasteiger partial charge in [-0.3, -0.25) is 10.2 Å². The topological polar surface area (TPSA) is 82.4 Å². The number of amides is 1. The number of carbonyl (C=O) groups is 1. The fourth-order valence-electron chi connectivity index (χ4n) is 1.39. The molecule has 2 rings (SSSR count). The fraction of sp³-hybridized carbons (Fsp3) is 0.0909. The van der Waals surface area contributed by atoms with Crippen molar-refractivity contribution in [2.75, 3.05) is 7.11 Å². The van der Waals surface area contributed by atoms with Crippen molar-refractivity contribution >= 4 is 28.9 Å². The van der Waals surface area contributed by atoms with Crippen LogP contribution in [-0.4, -0.2) is 23.3 Å². The van der Waals surface area contributed by atoms with E-state index in [-0.39, 0.29) is 16.8 Å². The van der Waals surface area contributed by atoms with Crippen LogP contribution < -0.4 is 10.1 Å². The Kier molecular flexibility index (Phi) is 3.06. The van der Waals surface area contributed by atoms with Crippen LogP contribution in [0.25, 0.3) is 6.08 Å². The van der Waals surface area contributed by atoms with Gasteiger partial charge in [-0.1, -0.05) is 6.07 Å². The van der Waals surface area contributed by atoms with E-state index in [1.807, 2.05) is 0 Å². The van der Waals surface area contributed by atoms with E-state index in [9.17, 15) is 9.90 Å². The highest BCUT2D eigenvalue weighted by atomic mass is 32.2. The standard InChI is InChI=1S/C11H10N2O3S/c1-16-8-3-2-6(4-7(8)14)5-9-10(15)13-11(12)17-9/h2-5,14H,1H3,(H2,12,13,15). The van der Waals surface area contributed by atoms with E-state index in [4.69, 9.17) is 10.1 Å². The van der Waals surface area contributed by atoms with Crippen LogP contribution in [0.1, 0.15) is 5.56 Å². The molecule has 0 spiro atoms. The summed E-state index contributed by atoms with van der Waals surface area (Å²) in [5.74, 6) is 0.0964. The van der Waals surface area contributed by atoms with Crippen LogP contribution in [0, 0.1) is 5.41 Å². The predicted octanol–water partition coefficient (Wildman–Crippen LogP) is 1.54. The number of nitrogens with one attached hydrogen (secondary N) is 2. The Morgan fingerprint density at radius 3 is 2.82 bits per heavy atom. The van der Waals surface area contributed by atoms with Crippen molar-refractivity contribution in [3.63, 3.8) is 0 Å². The number of phenolic OH excluding ortho intramolecular Hbond substituents is 1. The van der Waals surface area contributed by atoms with E-state index in [0.717, 1.165) is 11.8 Å². The Hall–Kier alpha value is -1.95. The number of thioether (sulfide) groups is 1. The Morgan fingerprint density at radius 1 is 1.53 bits per heavy atom. The van der Waals surface area contributed by atoms with Crippen molar-refractivity contribution in [1.82, 2.24) is 5.32 Å². The largest absolute Gasteiger partial charge is 0.504 e. The number of hydrogen-bond acceptors (Lipinski definition) is 5. The number of aromatic hydroxyl groups is 1. The molecule has 6 heteroatoms. The first kappa shape index (κ1) is 11.5. The molecule has 0 atom stereocenters. The number of benzene rings is 1. The number of carbonyl (C=O) groups excluding carboxylic acids is 1. The van der Waals surface area contributed by atoms with Gasteiger partial charge in [0.15, 0.2) is 16.7 Å². The van der Waals surface area contributed by atoms with Crippen LogP contribution in [0.15, 0.2) is 23.1 Å². The molecule has 0 saturated carbocycles. The highest BCUT2D eigenvalue weighted by molar-refractivity contribution is 8.18. The zero-order chi connectivity index (χ0) is 12.4. The molecule has 1 aromatic carbocycles. The summed E-state index contributed by atoms with van der Waals surface area (Å²) in [6.45, 7) is 0. The monoisotopic (exact) mass is 250 g/mol. The zero-order valence-electron chi connectivity index (χ0n) is 8.98. The molecule has 3 N–H and O–H groups in total. The van der Waals surface area contributed by atoms with Crippen LogP contribution in [0.2, 0.25) is 0 Å². The van der Waals surface area contributed by atoms with E-state index in [0.29, 0.717) is 16.2 Å². The molecule has 5 nitrogen and oxygen atoms in total. The fourth-order valence-corrected chi connectivity index (χ4v) is 2.09. The Morgan fingerprint density at radius 2 is 2.29 bits per heavy atom. The maximum absolute atomic E-state index is 11.4. The summed E-state index contributed by atoms with van der Waals surface area (Å²) in [7, 11) is 1.47. The first-order valence-corrected chi connectivity index (χ1v) is 5.58. The zero-order valence-corrected chi connectivity index (χ0v) is 9.80. The van der Waals surface area contributed by atoms with Gasteiger partial charge in [-0.2, -0.15) is 0 Å². The van der Waals surface area contributed by atoms with E-state index in [1.165, 1.54) is 13.2 Å². The Bertz CT molecular complexity index is 525. The minimum absolute atomic E-state index is 0.0142. The number of phenols is 1. The maximum atomic E-state index is 11.4. The third kappa shape index (κ3) is 2.42. The second kappa shape index (κ2) is 4.50. The molecule has 0 unspecified atom stereocenters. The average Bonchev–Trinajstić information content (AvgIpc) is 2.58. The van der Waals surface area contributed by atoms with E-state index < -0.39 is 0 Å². The lowest BCUT2D eigenvalue weighted by Crippen LogP contribution is -2.18. The average molecular weight is 250 g/mol. The molecular formula is C11H10N2O3S. The van der Waals surface area contributed by atoms with Gasteiger partial charge in [0.2, 0.25) is 0 Å². The molecule has 1 saturated heterocycles. The lowest BCUT2D eigenvalue weighted by atomic mass is 10.2. The molecule has 0 aromatic heterocycles. The number of hydrogen-bond donors (Lipinski definition) is 3. The lowest BCUT2D eigenvalue weighted by Gasteiger charge is -2.03. The summed E-state index contributed by atoms with van der Waals surface area (Å²) >= 11 is 1.06. The van der Waals surface area contributed by atoms with Crippen LogP contribution in [-0.2, 0) is 4.79 Å². The maximum Gasteiger partial charge on any atom is 0.264 e. The van der Waals surface area contributed by atoms with Crippen molar-refractivity contribution in [2.24, 2.45) is 0 Å². The molecule has 1 amide bonds. The van der Waals surface area contributed by atoms with Crippen LogP contribution in [0.4, 0.5) is 0 Å². The Labute approximate surface area is 102 Å². The van der Waals surface area contributed by atoms with Gasteiger partial charge in [0.1, 0.15) is 0 Å². The molecule has 0 bridgehead atoms. The normalized spacial score (nSPS) is 17.4. The number of rotatable bonds is 2. The summed E-state index contributed by atoms with van der Waals surface area (Å²) in [6, 6.07) is 4.84. The summed E-state index contributed by atoms with van der Waals surface area (Å²) < 4.78 is 4.92. The van der Waals surface area contributed by atoms with E-state index >= 15 is 0 Å². The minimum Gasteiger partial charge on any atom is -0.504 e. The molecule has 17 heavy (non-hydrogen) atoms. The lowest BCUT2D eigenvalue weighted by molar-refractivity contribution is -0.115. The Balaban J connectivity index is 2.30. The quantitative estimate of drug-likeness (QED) is 0.695. The third-order valence-electron chi connectivity index (χ3n) is 2.16. The summed E-state index contributed by atoms with van der Waals surface area (Å²) in [4.78, 5) is 11.8. The molecule has 0 radical (unpaired) electrons. The molecule has 1 fully saturated rings. The van der Waals surface area contributed by atoms with Gasteiger partial charge in [-0.25, -0.2) is 0 Å². The first-order valence-electron chi connectivity index (χ1n) is 4.76. The van der Waals surface area contributed by atoms with Gasteiger partial charge >= 0.3 is 0 Å². The van der Waals surface area contributed by atoms with E-state index in [1.54, 1.807) is 18.2 Å². The third-order valence-corrected chi connectivity index (χ3v) is 2.99. The van der Waals surface area contributed by atoms with Crippen LogP contribution in [0.3, 0.4) is 0 Å². The van der Waals surface area contributed by atoms with Gasteiger partial charge in [0, 0.05) is 0 Å². The molecule has 1 aromatic rings. The van der Waals surface area contributed by atoms with Gasteiger partial charge in [0.05, 0.1) is 12.0 Å². The minimum atomic E-state index is -0.296. The predicted molar refractivity (Wildman–Crippen MR) is 66.1 cm³/mol. The van der Waals surface area contributed by atoms with Crippen molar-refractivity contribution < 1.29 is 14.6 Å². The molecule has 1 aliphatic heterocycles. The second-order valence-corrected chi connectivity index (χ2v) is 4.38. The van der Waals surface area contributed by atoms with Crippen molar-refractivity contribution in [1.29, 1.82) is 5.41 Å². The first-order chi connectivity index (χ1) is 8.10. The number of amidine groups is 1. The molecular weight excluding hydrogens is 240 g/mol. The second-order valence-electron chi connectivity index (χ2n) is 3.33. The van der Waals surface area contributed by atoms with E-state index in [2.05, 4.69) is 5.32 Å². The molecule has 1 heterocycles. The highest BCUT2D eigenvalue weighted by Crippen LogP contribution is 2.30. The summed E-state index contributed by atoms with van der Waals surface area (Å²) in [5, 5.41) is 19.4. The summed E-state index contributed by atoms with van der Waals surface area (Å²) in [5.41, 5.74) is 0.677. The number of methoxy groups -OCH3 is 1. The van der Waals surface area contributed by atoms with Gasteiger partial charge in [-0.05, 0) is 35.5 Å². The van der Waals surface area contributed by atoms with Crippen molar-refractivity contribution in [2.45, 2.75) is 0 Å². The van der Waals surface area contributed by atoms with Crippen LogP contribution >= 0.6 is 11.8 Å². The molecule has 0 aliphatic carbocycles. The van der Waals surface area contributed by atoms with Crippen molar-refractivity contribution in [3.8, 4) is 11.5 Å². The number of ether oxygens (including phenoxy) is 1. The highest BCUT2D eigenvalue weighted by Gasteiger charge is 2.22. The van der Waals surface area contributed by atoms with Gasteiger partial charge in [-0.15, -0.1) is 0 Å². The molecule has 1 aliphatic rings. The van der Waals surface area contributed by atoms with Gasteiger partial charge in [0.25, 0.3) is 5.91 Å². The molecule has 88 valence electrons. The van der Waals surface area contributed by atoms with Crippen LogP contribution in [0.5, 0.6) is 11.5 Å². The van der Waals surface area contributed by atoms with Gasteiger partial charge < -0.3 is 15.2 Å². The SMILES string of the molecule is COc1ccc(C=C2SC(=N)NC2=O)cc1O. The summed E-state index contributed by atoms with van der Waals surface area (Å²) in [6.07, 6.45) is 1.61.